The fraction of sp³-hybridized carbons (Fsp3) is 0.316. The molecule has 0 saturated carbocycles. The summed E-state index contributed by atoms with van der Waals surface area (Å²) in [5, 5.41) is 2.91. The fourth-order valence-corrected chi connectivity index (χ4v) is 2.32. The third-order valence-electron chi connectivity index (χ3n) is 3.41. The molecule has 0 atom stereocenters. The summed E-state index contributed by atoms with van der Waals surface area (Å²) < 4.78 is 11.1. The van der Waals surface area contributed by atoms with Crippen molar-refractivity contribution in [3.8, 4) is 11.5 Å². The van der Waals surface area contributed by atoms with Crippen molar-refractivity contribution in [3.05, 3.63) is 48.5 Å². The summed E-state index contributed by atoms with van der Waals surface area (Å²) in [5.41, 5.74) is 1.61. The molecule has 0 spiro atoms. The number of carbonyl (C=O) groups is 1. The second-order valence-corrected chi connectivity index (χ2v) is 5.26. The van der Waals surface area contributed by atoms with Gasteiger partial charge in [-0.25, -0.2) is 0 Å². The number of nitrogens with zero attached hydrogens (tertiary/aromatic N) is 1. The second-order valence-electron chi connectivity index (χ2n) is 5.26. The van der Waals surface area contributed by atoms with Crippen molar-refractivity contribution in [1.29, 1.82) is 0 Å². The first-order valence-electron chi connectivity index (χ1n) is 8.09. The second kappa shape index (κ2) is 8.82. The maximum absolute atomic E-state index is 12.4. The quantitative estimate of drug-likeness (QED) is 0.805. The zero-order valence-electron chi connectivity index (χ0n) is 14.4. The molecule has 128 valence electrons. The van der Waals surface area contributed by atoms with Crippen LogP contribution in [0, 0.1) is 0 Å². The van der Waals surface area contributed by atoms with Crippen LogP contribution in [-0.2, 0) is 4.79 Å². The minimum atomic E-state index is -0.115. The van der Waals surface area contributed by atoms with E-state index in [9.17, 15) is 4.79 Å². The summed E-state index contributed by atoms with van der Waals surface area (Å²) in [7, 11) is 1.88. The van der Waals surface area contributed by atoms with E-state index in [1.54, 1.807) is 6.07 Å². The van der Waals surface area contributed by atoms with E-state index in [1.807, 2.05) is 68.3 Å². The van der Waals surface area contributed by atoms with Gasteiger partial charge in [0.2, 0.25) is 5.91 Å². The topological polar surface area (TPSA) is 50.8 Å². The normalized spacial score (nSPS) is 10.1. The third-order valence-corrected chi connectivity index (χ3v) is 3.41. The van der Waals surface area contributed by atoms with Crippen LogP contribution in [-0.4, -0.2) is 32.7 Å². The standard InChI is InChI=1S/C19H24N2O3/c1-4-23-16-11-12-18(24-5-2)17(13-16)20-19(22)14-21(3)15-9-7-6-8-10-15/h6-13H,4-5,14H2,1-3H3,(H,20,22). The molecule has 2 aromatic carbocycles. The molecule has 2 rings (SSSR count). The van der Waals surface area contributed by atoms with Crippen LogP contribution >= 0.6 is 0 Å². The highest BCUT2D eigenvalue weighted by atomic mass is 16.5. The molecule has 0 aromatic heterocycles. The van der Waals surface area contributed by atoms with Crippen LogP contribution in [0.2, 0.25) is 0 Å². The van der Waals surface area contributed by atoms with Crippen LogP contribution in [0.25, 0.3) is 0 Å². The lowest BCUT2D eigenvalue weighted by molar-refractivity contribution is -0.114. The average molecular weight is 328 g/mol. The molecule has 0 saturated heterocycles. The van der Waals surface area contributed by atoms with E-state index in [2.05, 4.69) is 5.32 Å². The predicted octanol–water partition coefficient (Wildman–Crippen LogP) is 3.56. The summed E-state index contributed by atoms with van der Waals surface area (Å²) in [5.74, 6) is 1.22. The molecule has 0 radical (unpaired) electrons. The van der Waals surface area contributed by atoms with Gasteiger partial charge in [-0.1, -0.05) is 18.2 Å². The van der Waals surface area contributed by atoms with Crippen molar-refractivity contribution >= 4 is 17.3 Å². The van der Waals surface area contributed by atoms with Gasteiger partial charge < -0.3 is 19.7 Å². The van der Waals surface area contributed by atoms with E-state index in [1.165, 1.54) is 0 Å². The molecular formula is C19H24N2O3. The number of carbonyl (C=O) groups excluding carboxylic acids is 1. The van der Waals surface area contributed by atoms with E-state index < -0.39 is 0 Å². The molecule has 2 aromatic rings. The van der Waals surface area contributed by atoms with E-state index in [-0.39, 0.29) is 12.5 Å². The Morgan fingerprint density at radius 1 is 1.04 bits per heavy atom. The van der Waals surface area contributed by atoms with Crippen molar-refractivity contribution in [2.24, 2.45) is 0 Å². The minimum absolute atomic E-state index is 0.115. The molecule has 0 bridgehead atoms. The molecular weight excluding hydrogens is 304 g/mol. The summed E-state index contributed by atoms with van der Waals surface area (Å²) in [6.45, 7) is 5.17. The molecule has 1 N–H and O–H groups in total. The Hall–Kier alpha value is -2.69. The SMILES string of the molecule is CCOc1ccc(OCC)c(NC(=O)CN(C)c2ccccc2)c1. The third kappa shape index (κ3) is 4.91. The van der Waals surface area contributed by atoms with Crippen molar-refractivity contribution in [2.45, 2.75) is 13.8 Å². The number of hydrogen-bond donors (Lipinski definition) is 1. The van der Waals surface area contributed by atoms with E-state index in [4.69, 9.17) is 9.47 Å². The van der Waals surface area contributed by atoms with Crippen LogP contribution in [0.5, 0.6) is 11.5 Å². The fourth-order valence-electron chi connectivity index (χ4n) is 2.32. The number of ether oxygens (including phenoxy) is 2. The Kier molecular flexibility index (Phi) is 6.49. The Morgan fingerprint density at radius 2 is 1.75 bits per heavy atom. The Bertz CT molecular complexity index is 659. The monoisotopic (exact) mass is 328 g/mol. The smallest absolute Gasteiger partial charge is 0.243 e. The molecule has 0 aliphatic heterocycles. The van der Waals surface area contributed by atoms with Gasteiger partial charge in [-0.3, -0.25) is 4.79 Å². The zero-order valence-corrected chi connectivity index (χ0v) is 14.4. The van der Waals surface area contributed by atoms with Crippen LogP contribution in [0.4, 0.5) is 11.4 Å². The number of hydrogen-bond acceptors (Lipinski definition) is 4. The summed E-state index contributed by atoms with van der Waals surface area (Å²) >= 11 is 0. The number of benzene rings is 2. The lowest BCUT2D eigenvalue weighted by Crippen LogP contribution is -2.30. The zero-order chi connectivity index (χ0) is 17.4. The highest BCUT2D eigenvalue weighted by Crippen LogP contribution is 2.29. The Labute approximate surface area is 143 Å². The van der Waals surface area contributed by atoms with E-state index in [0.717, 1.165) is 5.69 Å². The van der Waals surface area contributed by atoms with Gasteiger partial charge in [-0.15, -0.1) is 0 Å². The van der Waals surface area contributed by atoms with Gasteiger partial charge in [-0.05, 0) is 38.1 Å². The maximum atomic E-state index is 12.4. The van der Waals surface area contributed by atoms with Crippen LogP contribution < -0.4 is 19.7 Å². The first-order valence-corrected chi connectivity index (χ1v) is 8.09. The van der Waals surface area contributed by atoms with Gasteiger partial charge in [-0.2, -0.15) is 0 Å². The van der Waals surface area contributed by atoms with Crippen LogP contribution in [0.1, 0.15) is 13.8 Å². The minimum Gasteiger partial charge on any atom is -0.494 e. The largest absolute Gasteiger partial charge is 0.494 e. The van der Waals surface area contributed by atoms with Crippen LogP contribution in [0.15, 0.2) is 48.5 Å². The van der Waals surface area contributed by atoms with Gasteiger partial charge in [0.15, 0.2) is 0 Å². The summed E-state index contributed by atoms with van der Waals surface area (Å²) in [6, 6.07) is 15.2. The lowest BCUT2D eigenvalue weighted by atomic mass is 10.2. The number of para-hydroxylation sites is 1. The van der Waals surface area contributed by atoms with Crippen molar-refractivity contribution < 1.29 is 14.3 Å². The molecule has 5 heteroatoms. The molecule has 0 unspecified atom stereocenters. The number of rotatable bonds is 8. The van der Waals surface area contributed by atoms with Gasteiger partial charge in [0.1, 0.15) is 11.5 Å². The highest BCUT2D eigenvalue weighted by Gasteiger charge is 2.12. The van der Waals surface area contributed by atoms with Crippen molar-refractivity contribution in [3.63, 3.8) is 0 Å². The van der Waals surface area contributed by atoms with Gasteiger partial charge >= 0.3 is 0 Å². The Morgan fingerprint density at radius 3 is 2.42 bits per heavy atom. The van der Waals surface area contributed by atoms with Crippen LogP contribution in [0.3, 0.4) is 0 Å². The predicted molar refractivity (Wildman–Crippen MR) is 97.1 cm³/mol. The molecule has 0 aliphatic rings. The van der Waals surface area contributed by atoms with Crippen molar-refractivity contribution in [1.82, 2.24) is 0 Å². The first-order chi connectivity index (χ1) is 11.6. The van der Waals surface area contributed by atoms with Gasteiger partial charge in [0.25, 0.3) is 0 Å². The maximum Gasteiger partial charge on any atom is 0.243 e. The molecule has 0 fully saturated rings. The average Bonchev–Trinajstić information content (AvgIpc) is 2.58. The summed E-state index contributed by atoms with van der Waals surface area (Å²) in [6.07, 6.45) is 0. The first kappa shape index (κ1) is 17.7. The van der Waals surface area contributed by atoms with Gasteiger partial charge in [0.05, 0.1) is 25.4 Å². The Balaban J connectivity index is 2.07. The molecule has 0 aliphatic carbocycles. The van der Waals surface area contributed by atoms with E-state index >= 15 is 0 Å². The van der Waals surface area contributed by atoms with Gasteiger partial charge in [0, 0.05) is 18.8 Å². The summed E-state index contributed by atoms with van der Waals surface area (Å²) in [4.78, 5) is 14.3. The van der Waals surface area contributed by atoms with E-state index in [0.29, 0.717) is 30.4 Å². The molecule has 5 nitrogen and oxygen atoms in total. The lowest BCUT2D eigenvalue weighted by Gasteiger charge is -2.19. The number of nitrogens with one attached hydrogen (secondary N) is 1. The number of anilines is 2. The molecule has 0 heterocycles. The molecule has 24 heavy (non-hydrogen) atoms. The number of likely N-dealkylation sites (N-methyl/N-ethyl adjacent to an activating group) is 1. The number of amides is 1. The van der Waals surface area contributed by atoms with Crippen molar-refractivity contribution in [2.75, 3.05) is 37.0 Å². The molecule has 1 amide bonds. The highest BCUT2D eigenvalue weighted by molar-refractivity contribution is 5.95.